The normalized spacial score (nSPS) is 22.4. The standard InChI is InChI=1S/C20H26O3/c1-14(7-6-8-15(2)13-19(22)23)9-11-17-16(3)10-12-18(21)20(17,4)5/h6-13,18,21H,1-5H3,(H,22,23). The number of aliphatic hydroxyl groups is 1. The van der Waals surface area contributed by atoms with Crippen molar-refractivity contribution in [1.82, 2.24) is 0 Å². The molecule has 1 atom stereocenters. The summed E-state index contributed by atoms with van der Waals surface area (Å²) in [5.74, 6) is -0.943. The lowest BCUT2D eigenvalue weighted by molar-refractivity contribution is -0.131. The number of aliphatic hydroxyl groups excluding tert-OH is 1. The third-order valence-electron chi connectivity index (χ3n) is 3.97. The van der Waals surface area contributed by atoms with Gasteiger partial charge >= 0.3 is 5.97 Å². The van der Waals surface area contributed by atoms with Crippen LogP contribution in [0.15, 0.2) is 70.9 Å². The zero-order valence-corrected chi connectivity index (χ0v) is 14.5. The summed E-state index contributed by atoms with van der Waals surface area (Å²) < 4.78 is 0. The molecule has 1 unspecified atom stereocenters. The summed E-state index contributed by atoms with van der Waals surface area (Å²) in [4.78, 5) is 10.5. The zero-order valence-electron chi connectivity index (χ0n) is 14.5. The number of carboxylic acids is 1. The Kier molecular flexibility index (Phi) is 6.52. The Bertz CT molecular complexity index is 638. The van der Waals surface area contributed by atoms with Gasteiger partial charge in [0.15, 0.2) is 0 Å². The molecular formula is C20H26O3. The summed E-state index contributed by atoms with van der Waals surface area (Å²) in [6.07, 6.45) is 14.0. The van der Waals surface area contributed by atoms with Crippen molar-refractivity contribution in [3.8, 4) is 0 Å². The molecule has 0 saturated heterocycles. The summed E-state index contributed by atoms with van der Waals surface area (Å²) in [6.45, 7) is 9.83. The van der Waals surface area contributed by atoms with Gasteiger partial charge in [0.2, 0.25) is 0 Å². The van der Waals surface area contributed by atoms with Gasteiger partial charge in [-0.2, -0.15) is 0 Å². The predicted octanol–water partition coefficient (Wildman–Crippen LogP) is 4.35. The molecule has 1 aliphatic carbocycles. The molecule has 0 bridgehead atoms. The van der Waals surface area contributed by atoms with E-state index in [1.165, 1.54) is 6.08 Å². The molecule has 124 valence electrons. The average molecular weight is 314 g/mol. The maximum Gasteiger partial charge on any atom is 0.328 e. The molecule has 0 fully saturated rings. The Morgan fingerprint density at radius 3 is 2.48 bits per heavy atom. The number of rotatable bonds is 5. The molecule has 2 N–H and O–H groups in total. The SMILES string of the molecule is CC(C=CC1=C(C)C=CC(O)C1(C)C)=CC=CC(C)=CC(=O)O. The van der Waals surface area contributed by atoms with Gasteiger partial charge in [-0.05, 0) is 37.5 Å². The van der Waals surface area contributed by atoms with E-state index in [1.54, 1.807) is 13.0 Å². The topological polar surface area (TPSA) is 57.5 Å². The zero-order chi connectivity index (χ0) is 17.6. The molecular weight excluding hydrogens is 288 g/mol. The Labute approximate surface area is 138 Å². The molecule has 0 amide bonds. The third-order valence-corrected chi connectivity index (χ3v) is 3.97. The molecule has 3 heteroatoms. The number of carbonyl (C=O) groups is 1. The van der Waals surface area contributed by atoms with E-state index < -0.39 is 12.1 Å². The molecule has 0 saturated carbocycles. The van der Waals surface area contributed by atoms with Crippen molar-refractivity contribution in [3.05, 3.63) is 70.9 Å². The van der Waals surface area contributed by atoms with Crippen molar-refractivity contribution in [1.29, 1.82) is 0 Å². The molecule has 0 radical (unpaired) electrons. The van der Waals surface area contributed by atoms with Crippen LogP contribution in [-0.2, 0) is 4.79 Å². The molecule has 0 heterocycles. The molecule has 0 spiro atoms. The summed E-state index contributed by atoms with van der Waals surface area (Å²) in [6, 6.07) is 0. The fraction of sp³-hybridized carbons (Fsp3) is 0.350. The van der Waals surface area contributed by atoms with Gasteiger partial charge in [0.1, 0.15) is 0 Å². The molecule has 23 heavy (non-hydrogen) atoms. The molecule has 1 aliphatic rings. The van der Waals surface area contributed by atoms with E-state index in [9.17, 15) is 9.90 Å². The second-order valence-corrected chi connectivity index (χ2v) is 6.45. The minimum atomic E-state index is -0.943. The maximum atomic E-state index is 10.5. The first-order valence-electron chi connectivity index (χ1n) is 7.66. The van der Waals surface area contributed by atoms with Gasteiger partial charge in [-0.25, -0.2) is 4.79 Å². The highest BCUT2D eigenvalue weighted by molar-refractivity contribution is 5.81. The monoisotopic (exact) mass is 314 g/mol. The fourth-order valence-corrected chi connectivity index (χ4v) is 2.44. The predicted molar refractivity (Wildman–Crippen MR) is 95.1 cm³/mol. The van der Waals surface area contributed by atoms with Crippen molar-refractivity contribution in [2.45, 2.75) is 40.7 Å². The van der Waals surface area contributed by atoms with Crippen LogP contribution in [0.3, 0.4) is 0 Å². The first kappa shape index (κ1) is 18.9. The Morgan fingerprint density at radius 1 is 1.22 bits per heavy atom. The van der Waals surface area contributed by atoms with Crippen molar-refractivity contribution in [2.75, 3.05) is 0 Å². The number of aliphatic carboxylic acids is 1. The number of carboxylic acid groups (broad SMARTS) is 1. The second kappa shape index (κ2) is 7.93. The molecule has 0 aromatic heterocycles. The minimum Gasteiger partial charge on any atom is -0.478 e. The summed E-state index contributed by atoms with van der Waals surface area (Å²) in [7, 11) is 0. The van der Waals surface area contributed by atoms with E-state index in [4.69, 9.17) is 5.11 Å². The van der Waals surface area contributed by atoms with E-state index in [-0.39, 0.29) is 5.41 Å². The third kappa shape index (κ3) is 5.53. The highest BCUT2D eigenvalue weighted by Crippen LogP contribution is 2.37. The summed E-state index contributed by atoms with van der Waals surface area (Å²) in [5, 5.41) is 18.8. The maximum absolute atomic E-state index is 10.5. The van der Waals surface area contributed by atoms with Gasteiger partial charge < -0.3 is 10.2 Å². The van der Waals surface area contributed by atoms with Crippen LogP contribution < -0.4 is 0 Å². The Balaban J connectivity index is 2.88. The number of allylic oxidation sites excluding steroid dienone is 9. The molecule has 1 rings (SSSR count). The van der Waals surface area contributed by atoms with Crippen LogP contribution >= 0.6 is 0 Å². The number of hydrogen-bond acceptors (Lipinski definition) is 2. The van der Waals surface area contributed by atoms with Crippen LogP contribution in [0.25, 0.3) is 0 Å². The van der Waals surface area contributed by atoms with Gasteiger partial charge in [0, 0.05) is 11.5 Å². The largest absolute Gasteiger partial charge is 0.478 e. The van der Waals surface area contributed by atoms with E-state index >= 15 is 0 Å². The van der Waals surface area contributed by atoms with Gasteiger partial charge in [-0.1, -0.05) is 62.0 Å². The molecule has 0 aromatic carbocycles. The Morgan fingerprint density at radius 2 is 1.87 bits per heavy atom. The van der Waals surface area contributed by atoms with Crippen molar-refractivity contribution in [2.24, 2.45) is 5.41 Å². The van der Waals surface area contributed by atoms with Crippen LogP contribution in [0.1, 0.15) is 34.6 Å². The molecule has 0 aliphatic heterocycles. The quantitative estimate of drug-likeness (QED) is 0.586. The van der Waals surface area contributed by atoms with Gasteiger partial charge in [-0.3, -0.25) is 0 Å². The summed E-state index contributed by atoms with van der Waals surface area (Å²) in [5.41, 5.74) is 3.69. The first-order valence-corrected chi connectivity index (χ1v) is 7.66. The Hall–Kier alpha value is -2.13. The smallest absolute Gasteiger partial charge is 0.328 e. The van der Waals surface area contributed by atoms with Crippen LogP contribution in [0, 0.1) is 5.41 Å². The summed E-state index contributed by atoms with van der Waals surface area (Å²) >= 11 is 0. The van der Waals surface area contributed by atoms with Crippen molar-refractivity contribution >= 4 is 5.97 Å². The van der Waals surface area contributed by atoms with Crippen LogP contribution in [0.2, 0.25) is 0 Å². The van der Waals surface area contributed by atoms with E-state index in [0.717, 1.165) is 16.7 Å². The van der Waals surface area contributed by atoms with Gasteiger partial charge in [0.05, 0.1) is 6.10 Å². The van der Waals surface area contributed by atoms with Crippen LogP contribution in [-0.4, -0.2) is 22.3 Å². The van der Waals surface area contributed by atoms with Gasteiger partial charge in [0.25, 0.3) is 0 Å². The van der Waals surface area contributed by atoms with Gasteiger partial charge in [-0.15, -0.1) is 0 Å². The highest BCUT2D eigenvalue weighted by Gasteiger charge is 2.32. The highest BCUT2D eigenvalue weighted by atomic mass is 16.4. The van der Waals surface area contributed by atoms with E-state index in [1.807, 2.05) is 64.2 Å². The fourth-order valence-electron chi connectivity index (χ4n) is 2.44. The van der Waals surface area contributed by atoms with Crippen molar-refractivity contribution in [3.63, 3.8) is 0 Å². The lowest BCUT2D eigenvalue weighted by Crippen LogP contribution is -2.31. The first-order chi connectivity index (χ1) is 10.6. The average Bonchev–Trinajstić information content (AvgIpc) is 2.42. The minimum absolute atomic E-state index is 0.313. The van der Waals surface area contributed by atoms with E-state index in [2.05, 4.69) is 0 Å². The molecule has 0 aromatic rings. The van der Waals surface area contributed by atoms with E-state index in [0.29, 0.717) is 5.57 Å². The molecule has 3 nitrogen and oxygen atoms in total. The second-order valence-electron chi connectivity index (χ2n) is 6.45. The van der Waals surface area contributed by atoms with Crippen molar-refractivity contribution < 1.29 is 15.0 Å². The van der Waals surface area contributed by atoms with Crippen LogP contribution in [0.4, 0.5) is 0 Å². The number of hydrogen-bond donors (Lipinski definition) is 2. The lowest BCUT2D eigenvalue weighted by Gasteiger charge is -2.34. The lowest BCUT2D eigenvalue weighted by atomic mass is 9.73. The van der Waals surface area contributed by atoms with Crippen LogP contribution in [0.5, 0.6) is 0 Å².